The van der Waals surface area contributed by atoms with Crippen molar-refractivity contribution in [3.63, 3.8) is 0 Å². The molecule has 0 saturated heterocycles. The van der Waals surface area contributed by atoms with E-state index in [0.717, 1.165) is 19.3 Å². The lowest BCUT2D eigenvalue weighted by Crippen LogP contribution is -2.25. The molecular weight excluding hydrogens is 176 g/mol. The Balaban J connectivity index is 3.50. The summed E-state index contributed by atoms with van der Waals surface area (Å²) in [6.07, 6.45) is 0. The molecule has 0 N–H and O–H groups in total. The molecular formula is C7H18O2SSi. The molecule has 0 aromatic rings. The van der Waals surface area contributed by atoms with Crippen LogP contribution in [-0.2, 0) is 8.85 Å². The van der Waals surface area contributed by atoms with Crippen molar-refractivity contribution in [1.82, 2.24) is 0 Å². The molecule has 0 fully saturated rings. The first-order valence-electron chi connectivity index (χ1n) is 4.12. The van der Waals surface area contributed by atoms with Gasteiger partial charge in [-0.15, -0.1) is 0 Å². The van der Waals surface area contributed by atoms with Gasteiger partial charge < -0.3 is 8.85 Å². The van der Waals surface area contributed by atoms with Gasteiger partial charge in [0.05, 0.1) is 0 Å². The van der Waals surface area contributed by atoms with E-state index in [4.69, 9.17) is 8.85 Å². The zero-order valence-corrected chi connectivity index (χ0v) is 9.59. The Morgan fingerprint density at radius 2 is 1.73 bits per heavy atom. The maximum absolute atomic E-state index is 5.46. The minimum absolute atomic E-state index is 0.393. The predicted octanol–water partition coefficient (Wildman–Crippen LogP) is 1.60. The molecule has 0 aliphatic rings. The van der Waals surface area contributed by atoms with Crippen molar-refractivity contribution < 1.29 is 8.85 Å². The summed E-state index contributed by atoms with van der Waals surface area (Å²) in [6.45, 7) is 7.60. The summed E-state index contributed by atoms with van der Waals surface area (Å²) in [5, 5.41) is 0.393. The normalized spacial score (nSPS) is 13.9. The molecule has 4 heteroatoms. The molecule has 0 spiro atoms. The van der Waals surface area contributed by atoms with Gasteiger partial charge in [0.1, 0.15) is 0 Å². The molecule has 0 aliphatic carbocycles. The Hall–Kier alpha value is 0.487. The zero-order chi connectivity index (χ0) is 8.69. The van der Waals surface area contributed by atoms with Gasteiger partial charge in [0.25, 0.3) is 0 Å². The summed E-state index contributed by atoms with van der Waals surface area (Å²) in [4.78, 5) is 0. The van der Waals surface area contributed by atoms with Crippen LogP contribution >= 0.6 is 12.6 Å². The first-order chi connectivity index (χ1) is 5.20. The predicted molar refractivity (Wildman–Crippen MR) is 53.7 cm³/mol. The second kappa shape index (κ2) is 7.15. The molecule has 0 amide bonds. The minimum atomic E-state index is -1.37. The Morgan fingerprint density at radius 3 is 2.00 bits per heavy atom. The van der Waals surface area contributed by atoms with Gasteiger partial charge >= 0.3 is 9.28 Å². The highest BCUT2D eigenvalue weighted by molar-refractivity contribution is 7.81. The van der Waals surface area contributed by atoms with Gasteiger partial charge in [0, 0.05) is 18.5 Å². The van der Waals surface area contributed by atoms with E-state index in [0.29, 0.717) is 5.25 Å². The molecule has 11 heavy (non-hydrogen) atoms. The fourth-order valence-electron chi connectivity index (χ4n) is 0.834. The van der Waals surface area contributed by atoms with E-state index in [1.807, 2.05) is 13.8 Å². The highest BCUT2D eigenvalue weighted by Gasteiger charge is 2.13. The van der Waals surface area contributed by atoms with E-state index >= 15 is 0 Å². The highest BCUT2D eigenvalue weighted by Crippen LogP contribution is 2.06. The molecule has 0 rings (SSSR count). The molecule has 0 aromatic heterocycles. The van der Waals surface area contributed by atoms with Crippen LogP contribution in [-0.4, -0.2) is 27.7 Å². The van der Waals surface area contributed by atoms with E-state index in [1.54, 1.807) is 0 Å². The van der Waals surface area contributed by atoms with E-state index < -0.39 is 9.28 Å². The molecule has 0 bridgehead atoms. The van der Waals surface area contributed by atoms with Crippen molar-refractivity contribution in [2.45, 2.75) is 32.1 Å². The van der Waals surface area contributed by atoms with Crippen molar-refractivity contribution in [2.24, 2.45) is 0 Å². The minimum Gasteiger partial charge on any atom is -0.397 e. The smallest absolute Gasteiger partial charge is 0.322 e. The SMILES string of the molecule is CCO[SiH](CC(C)S)OCC. The van der Waals surface area contributed by atoms with Crippen LogP contribution < -0.4 is 0 Å². The third-order valence-electron chi connectivity index (χ3n) is 1.24. The highest BCUT2D eigenvalue weighted by atomic mass is 32.1. The Labute approximate surface area is 76.5 Å². The molecule has 0 radical (unpaired) electrons. The summed E-state index contributed by atoms with van der Waals surface area (Å²) in [5.41, 5.74) is 0. The van der Waals surface area contributed by atoms with Crippen LogP contribution in [0.1, 0.15) is 20.8 Å². The number of rotatable bonds is 6. The van der Waals surface area contributed by atoms with Crippen LogP contribution in [0.5, 0.6) is 0 Å². The van der Waals surface area contributed by atoms with Crippen molar-refractivity contribution >= 4 is 21.9 Å². The molecule has 0 heterocycles. The average Bonchev–Trinajstić information content (AvgIpc) is 1.87. The van der Waals surface area contributed by atoms with Crippen LogP contribution in [0.2, 0.25) is 6.04 Å². The van der Waals surface area contributed by atoms with Gasteiger partial charge in [-0.1, -0.05) is 6.92 Å². The first kappa shape index (κ1) is 11.5. The zero-order valence-electron chi connectivity index (χ0n) is 7.54. The second-order valence-corrected chi connectivity index (χ2v) is 5.30. The van der Waals surface area contributed by atoms with E-state index in [-0.39, 0.29) is 0 Å². The lowest BCUT2D eigenvalue weighted by molar-refractivity contribution is 0.213. The summed E-state index contributed by atoms with van der Waals surface area (Å²) in [7, 11) is -1.37. The van der Waals surface area contributed by atoms with Gasteiger partial charge in [-0.3, -0.25) is 0 Å². The molecule has 0 aliphatic heterocycles. The summed E-state index contributed by atoms with van der Waals surface area (Å²) >= 11 is 4.30. The molecule has 1 atom stereocenters. The molecule has 0 aromatic carbocycles. The average molecular weight is 194 g/mol. The maximum atomic E-state index is 5.46. The van der Waals surface area contributed by atoms with E-state index in [9.17, 15) is 0 Å². The van der Waals surface area contributed by atoms with Crippen LogP contribution in [0.3, 0.4) is 0 Å². The van der Waals surface area contributed by atoms with Crippen LogP contribution in [0.25, 0.3) is 0 Å². The summed E-state index contributed by atoms with van der Waals surface area (Å²) in [6, 6.07) is 0.991. The lowest BCUT2D eigenvalue weighted by Gasteiger charge is -2.15. The summed E-state index contributed by atoms with van der Waals surface area (Å²) < 4.78 is 10.9. The van der Waals surface area contributed by atoms with Crippen molar-refractivity contribution in [3.8, 4) is 0 Å². The first-order valence-corrected chi connectivity index (χ1v) is 6.39. The van der Waals surface area contributed by atoms with Crippen molar-refractivity contribution in [1.29, 1.82) is 0 Å². The third-order valence-corrected chi connectivity index (χ3v) is 4.35. The number of hydrogen-bond donors (Lipinski definition) is 1. The molecule has 2 nitrogen and oxygen atoms in total. The largest absolute Gasteiger partial charge is 0.397 e. The van der Waals surface area contributed by atoms with Gasteiger partial charge in [-0.25, -0.2) is 0 Å². The Bertz CT molecular complexity index is 84.5. The lowest BCUT2D eigenvalue weighted by atomic mass is 10.6. The van der Waals surface area contributed by atoms with Gasteiger partial charge in [0.15, 0.2) is 0 Å². The van der Waals surface area contributed by atoms with Gasteiger partial charge in [-0.2, -0.15) is 12.6 Å². The molecule has 1 unspecified atom stereocenters. The summed E-state index contributed by atoms with van der Waals surface area (Å²) in [5.74, 6) is 0. The van der Waals surface area contributed by atoms with Crippen LogP contribution in [0, 0.1) is 0 Å². The second-order valence-electron chi connectivity index (χ2n) is 2.42. The van der Waals surface area contributed by atoms with Crippen molar-refractivity contribution in [2.75, 3.05) is 13.2 Å². The van der Waals surface area contributed by atoms with Crippen molar-refractivity contribution in [3.05, 3.63) is 0 Å². The standard InChI is InChI=1S/C7H18O2SSi/c1-4-8-11(9-5-2)6-7(3)10/h7,10-11H,4-6H2,1-3H3. The van der Waals surface area contributed by atoms with Gasteiger partial charge in [0.2, 0.25) is 0 Å². The van der Waals surface area contributed by atoms with Gasteiger partial charge in [-0.05, 0) is 19.9 Å². The molecule has 68 valence electrons. The number of hydrogen-bond acceptors (Lipinski definition) is 3. The maximum Gasteiger partial charge on any atom is 0.322 e. The van der Waals surface area contributed by atoms with Crippen LogP contribution in [0.4, 0.5) is 0 Å². The quantitative estimate of drug-likeness (QED) is 0.511. The topological polar surface area (TPSA) is 18.5 Å². The Kier molecular flexibility index (Phi) is 7.47. The van der Waals surface area contributed by atoms with E-state index in [2.05, 4.69) is 19.6 Å². The number of thiol groups is 1. The fraction of sp³-hybridized carbons (Fsp3) is 1.00. The van der Waals surface area contributed by atoms with E-state index in [1.165, 1.54) is 0 Å². The van der Waals surface area contributed by atoms with Crippen LogP contribution in [0.15, 0.2) is 0 Å². The monoisotopic (exact) mass is 194 g/mol. The fourth-order valence-corrected chi connectivity index (χ4v) is 3.02. The molecule has 0 saturated carbocycles. The third kappa shape index (κ3) is 6.87. The Morgan fingerprint density at radius 1 is 1.27 bits per heavy atom.